The predicted molar refractivity (Wildman–Crippen MR) is 128 cm³/mol. The first-order valence-corrected chi connectivity index (χ1v) is 12.2. The Balaban J connectivity index is 1.04. The van der Waals surface area contributed by atoms with Gasteiger partial charge in [0, 0.05) is 48.1 Å². The Morgan fingerprint density at radius 3 is 2.62 bits per heavy atom. The van der Waals surface area contributed by atoms with E-state index in [0.717, 1.165) is 48.9 Å². The third-order valence-corrected chi connectivity index (χ3v) is 6.98. The van der Waals surface area contributed by atoms with Crippen molar-refractivity contribution in [3.8, 4) is 11.4 Å². The van der Waals surface area contributed by atoms with Gasteiger partial charge in [-0.15, -0.1) is 0 Å². The van der Waals surface area contributed by atoms with E-state index >= 15 is 0 Å². The van der Waals surface area contributed by atoms with Gasteiger partial charge in [0.15, 0.2) is 0 Å². The molecule has 7 nitrogen and oxygen atoms in total. The molecular weight excluding hydrogens is 452 g/mol. The van der Waals surface area contributed by atoms with Crippen LogP contribution in [0.3, 0.4) is 0 Å². The van der Waals surface area contributed by atoms with Crippen molar-refractivity contribution in [2.75, 3.05) is 6.54 Å². The second kappa shape index (κ2) is 9.97. The van der Waals surface area contributed by atoms with Crippen LogP contribution in [0.25, 0.3) is 11.4 Å². The molecule has 2 amide bonds. The molecule has 1 saturated carbocycles. The van der Waals surface area contributed by atoms with Gasteiger partial charge in [0.25, 0.3) is 5.91 Å². The molecule has 1 N–H and O–H groups in total. The summed E-state index contributed by atoms with van der Waals surface area (Å²) in [6.07, 6.45) is 4.61. The molecule has 0 unspecified atom stereocenters. The molecular formula is C26H27ClN4O3. The van der Waals surface area contributed by atoms with Gasteiger partial charge >= 0.3 is 0 Å². The number of hydrogen-bond acceptors (Lipinski definition) is 5. The molecule has 1 aliphatic heterocycles. The summed E-state index contributed by atoms with van der Waals surface area (Å²) < 4.78 is 5.29. The van der Waals surface area contributed by atoms with Gasteiger partial charge in [-0.3, -0.25) is 9.59 Å². The van der Waals surface area contributed by atoms with Crippen LogP contribution in [0, 0.1) is 5.92 Å². The van der Waals surface area contributed by atoms with E-state index in [1.165, 1.54) is 0 Å². The number of halogens is 1. The smallest absolute Gasteiger partial charge is 0.254 e. The Kier molecular flexibility index (Phi) is 6.63. The van der Waals surface area contributed by atoms with E-state index in [9.17, 15) is 9.59 Å². The number of aryl methyl sites for hydroxylation is 1. The molecule has 176 valence electrons. The second-order valence-corrected chi connectivity index (χ2v) is 9.58. The van der Waals surface area contributed by atoms with Crippen LogP contribution in [0.4, 0.5) is 0 Å². The van der Waals surface area contributed by atoms with Crippen LogP contribution in [-0.2, 0) is 17.8 Å². The van der Waals surface area contributed by atoms with E-state index in [0.29, 0.717) is 42.0 Å². The van der Waals surface area contributed by atoms with Gasteiger partial charge in [-0.05, 0) is 67.5 Å². The molecule has 0 bridgehead atoms. The molecule has 1 aliphatic carbocycles. The lowest BCUT2D eigenvalue weighted by atomic mass is 9.85. The van der Waals surface area contributed by atoms with E-state index in [-0.39, 0.29) is 17.9 Å². The van der Waals surface area contributed by atoms with Gasteiger partial charge in [-0.1, -0.05) is 35.0 Å². The largest absolute Gasteiger partial charge is 0.353 e. The fraction of sp³-hybridized carbons (Fsp3) is 0.385. The number of rotatable bonds is 7. The normalized spacial score (nSPS) is 19.8. The van der Waals surface area contributed by atoms with Crippen LogP contribution >= 0.6 is 11.6 Å². The Labute approximate surface area is 203 Å². The van der Waals surface area contributed by atoms with Crippen LogP contribution in [0.2, 0.25) is 5.02 Å². The zero-order chi connectivity index (χ0) is 23.5. The third-order valence-electron chi connectivity index (χ3n) is 6.72. The van der Waals surface area contributed by atoms with Crippen molar-refractivity contribution in [1.29, 1.82) is 0 Å². The summed E-state index contributed by atoms with van der Waals surface area (Å²) in [6, 6.07) is 15.3. The van der Waals surface area contributed by atoms with E-state index < -0.39 is 0 Å². The molecule has 5 rings (SSSR count). The number of nitrogens with zero attached hydrogens (tertiary/aromatic N) is 3. The first-order chi connectivity index (χ1) is 16.5. The van der Waals surface area contributed by atoms with Crippen molar-refractivity contribution < 1.29 is 14.1 Å². The summed E-state index contributed by atoms with van der Waals surface area (Å²) in [7, 11) is 0. The molecule has 2 aromatic carbocycles. The summed E-state index contributed by atoms with van der Waals surface area (Å²) in [5.41, 5.74) is 2.78. The van der Waals surface area contributed by atoms with E-state index in [1.54, 1.807) is 12.1 Å². The fourth-order valence-corrected chi connectivity index (χ4v) is 4.98. The summed E-state index contributed by atoms with van der Waals surface area (Å²) in [5, 5.41) is 7.78. The molecule has 2 heterocycles. The number of carbonyl (C=O) groups excluding carboxylic acids is 2. The second-order valence-electron chi connectivity index (χ2n) is 9.15. The fourth-order valence-electron chi connectivity index (χ4n) is 4.86. The van der Waals surface area contributed by atoms with Crippen molar-refractivity contribution in [3.05, 3.63) is 70.6 Å². The monoisotopic (exact) mass is 478 g/mol. The number of benzene rings is 2. The van der Waals surface area contributed by atoms with Crippen molar-refractivity contribution in [2.24, 2.45) is 5.92 Å². The SMILES string of the molecule is O=C(CCc1nc(-c2ccc(Cl)cc2)no1)NC1CCC(CN2Cc3ccccc3C2=O)CC1. The number of fused-ring (bicyclic) bond motifs is 1. The average molecular weight is 479 g/mol. The van der Waals surface area contributed by atoms with Gasteiger partial charge in [0.05, 0.1) is 0 Å². The quantitative estimate of drug-likeness (QED) is 0.533. The highest BCUT2D eigenvalue weighted by Gasteiger charge is 2.30. The molecule has 2 aliphatic rings. The maximum atomic E-state index is 12.6. The number of amides is 2. The topological polar surface area (TPSA) is 88.3 Å². The minimum Gasteiger partial charge on any atom is -0.353 e. The standard InChI is InChI=1S/C26H27ClN4O3/c27-20-9-7-18(8-10-20)25-29-24(34-30-25)14-13-23(32)28-21-11-5-17(6-12-21)15-31-16-19-3-1-2-4-22(19)26(31)33/h1-4,7-10,17,21H,5-6,11-16H2,(H,28,32). The number of aromatic nitrogens is 2. The maximum absolute atomic E-state index is 12.6. The Hall–Kier alpha value is -3.19. The van der Waals surface area contributed by atoms with Crippen molar-refractivity contribution in [2.45, 2.75) is 51.1 Å². The maximum Gasteiger partial charge on any atom is 0.254 e. The van der Waals surface area contributed by atoms with Crippen LogP contribution in [0.1, 0.15) is 53.9 Å². The summed E-state index contributed by atoms with van der Waals surface area (Å²) in [5.74, 6) is 1.56. The summed E-state index contributed by atoms with van der Waals surface area (Å²) in [6.45, 7) is 1.50. The lowest BCUT2D eigenvalue weighted by molar-refractivity contribution is -0.122. The van der Waals surface area contributed by atoms with E-state index in [2.05, 4.69) is 15.5 Å². The van der Waals surface area contributed by atoms with Gasteiger partial charge in [0.2, 0.25) is 17.6 Å². The molecule has 3 aromatic rings. The minimum atomic E-state index is -0.000127. The highest BCUT2D eigenvalue weighted by molar-refractivity contribution is 6.30. The number of hydrogen-bond donors (Lipinski definition) is 1. The first kappa shape index (κ1) is 22.6. The average Bonchev–Trinajstić information content (AvgIpc) is 3.45. The molecule has 1 fully saturated rings. The molecule has 0 atom stereocenters. The van der Waals surface area contributed by atoms with Crippen LogP contribution in [0.5, 0.6) is 0 Å². The Bertz CT molecular complexity index is 1170. The molecule has 0 radical (unpaired) electrons. The van der Waals surface area contributed by atoms with Crippen molar-refractivity contribution in [1.82, 2.24) is 20.4 Å². The van der Waals surface area contributed by atoms with E-state index in [4.69, 9.17) is 16.1 Å². The molecule has 8 heteroatoms. The van der Waals surface area contributed by atoms with Crippen molar-refractivity contribution in [3.63, 3.8) is 0 Å². The minimum absolute atomic E-state index is 0.000127. The zero-order valence-corrected chi connectivity index (χ0v) is 19.6. The summed E-state index contributed by atoms with van der Waals surface area (Å²) in [4.78, 5) is 31.4. The van der Waals surface area contributed by atoms with Gasteiger partial charge in [-0.25, -0.2) is 0 Å². The zero-order valence-electron chi connectivity index (χ0n) is 18.9. The lowest BCUT2D eigenvalue weighted by Crippen LogP contribution is -2.40. The number of nitrogens with one attached hydrogen (secondary N) is 1. The first-order valence-electron chi connectivity index (χ1n) is 11.8. The van der Waals surface area contributed by atoms with Crippen LogP contribution in [0.15, 0.2) is 53.1 Å². The van der Waals surface area contributed by atoms with E-state index in [1.807, 2.05) is 41.3 Å². The Morgan fingerprint density at radius 2 is 1.85 bits per heavy atom. The highest BCUT2D eigenvalue weighted by Crippen LogP contribution is 2.29. The Morgan fingerprint density at radius 1 is 1.09 bits per heavy atom. The lowest BCUT2D eigenvalue weighted by Gasteiger charge is -2.31. The van der Waals surface area contributed by atoms with Crippen LogP contribution in [-0.4, -0.2) is 39.4 Å². The van der Waals surface area contributed by atoms with Gasteiger partial charge in [-0.2, -0.15) is 4.98 Å². The summed E-state index contributed by atoms with van der Waals surface area (Å²) >= 11 is 5.91. The van der Waals surface area contributed by atoms with Gasteiger partial charge < -0.3 is 14.7 Å². The van der Waals surface area contributed by atoms with Crippen LogP contribution < -0.4 is 5.32 Å². The van der Waals surface area contributed by atoms with Crippen molar-refractivity contribution >= 4 is 23.4 Å². The molecule has 0 spiro atoms. The number of carbonyl (C=O) groups is 2. The molecule has 1 aromatic heterocycles. The predicted octanol–water partition coefficient (Wildman–Crippen LogP) is 4.65. The molecule has 0 saturated heterocycles. The highest BCUT2D eigenvalue weighted by atomic mass is 35.5. The van der Waals surface area contributed by atoms with Gasteiger partial charge in [0.1, 0.15) is 0 Å². The molecule has 34 heavy (non-hydrogen) atoms. The third kappa shape index (κ3) is 5.14.